The van der Waals surface area contributed by atoms with Gasteiger partial charge in [0.25, 0.3) is 0 Å². The minimum atomic E-state index is -0.949. The molecule has 0 bridgehead atoms. The van der Waals surface area contributed by atoms with Crippen LogP contribution in [0.1, 0.15) is 28.7 Å². The Labute approximate surface area is 75.4 Å². The van der Waals surface area contributed by atoms with E-state index in [2.05, 4.69) is 22.0 Å². The number of aromatic carboxylic acids is 1. The Morgan fingerprint density at radius 3 is 3.08 bits per heavy atom. The van der Waals surface area contributed by atoms with E-state index in [0.717, 1.165) is 24.3 Å². The van der Waals surface area contributed by atoms with Crippen molar-refractivity contribution in [3.63, 3.8) is 0 Å². The van der Waals surface area contributed by atoms with E-state index in [-0.39, 0.29) is 5.69 Å². The van der Waals surface area contributed by atoms with Gasteiger partial charge in [-0.05, 0) is 6.54 Å². The minimum absolute atomic E-state index is 0.172. The molecular formula is C8H11N3O2. The average Bonchev–Trinajstić information content (AvgIpc) is 2.59. The van der Waals surface area contributed by atoms with Crippen LogP contribution in [0.5, 0.6) is 0 Å². The highest BCUT2D eigenvalue weighted by Gasteiger charge is 2.26. The highest BCUT2D eigenvalue weighted by molar-refractivity contribution is 5.87. The van der Waals surface area contributed by atoms with Crippen molar-refractivity contribution in [3.05, 3.63) is 17.0 Å². The van der Waals surface area contributed by atoms with E-state index in [0.29, 0.717) is 6.54 Å². The topological polar surface area (TPSA) is 69.2 Å². The Morgan fingerprint density at radius 1 is 1.69 bits per heavy atom. The maximum atomic E-state index is 10.7. The third kappa shape index (κ3) is 1.21. The fourth-order valence-electron chi connectivity index (χ4n) is 1.61. The van der Waals surface area contributed by atoms with Crippen molar-refractivity contribution in [1.29, 1.82) is 0 Å². The molecule has 2 rings (SSSR count). The maximum Gasteiger partial charge on any atom is 0.356 e. The lowest BCUT2D eigenvalue weighted by Gasteiger charge is -2.10. The van der Waals surface area contributed by atoms with Gasteiger partial charge in [-0.1, -0.05) is 6.92 Å². The van der Waals surface area contributed by atoms with Crippen LogP contribution >= 0.6 is 0 Å². The first-order chi connectivity index (χ1) is 6.22. The van der Waals surface area contributed by atoms with Crippen molar-refractivity contribution < 1.29 is 9.90 Å². The number of aromatic amines is 1. The third-order valence-corrected chi connectivity index (χ3v) is 2.37. The molecule has 0 atom stereocenters. The van der Waals surface area contributed by atoms with E-state index in [1.807, 2.05) is 0 Å². The summed E-state index contributed by atoms with van der Waals surface area (Å²) in [6, 6.07) is 0. The van der Waals surface area contributed by atoms with Crippen LogP contribution in [0.3, 0.4) is 0 Å². The second-order valence-corrected chi connectivity index (χ2v) is 3.14. The molecule has 5 heteroatoms. The van der Waals surface area contributed by atoms with Crippen LogP contribution in [0.2, 0.25) is 0 Å². The van der Waals surface area contributed by atoms with Crippen LogP contribution in [-0.4, -0.2) is 32.7 Å². The van der Waals surface area contributed by atoms with Crippen LogP contribution in [0.25, 0.3) is 0 Å². The largest absolute Gasteiger partial charge is 0.476 e. The molecule has 0 spiro atoms. The molecule has 1 aromatic heterocycles. The molecule has 0 aliphatic carbocycles. The third-order valence-electron chi connectivity index (χ3n) is 2.37. The summed E-state index contributed by atoms with van der Waals surface area (Å²) in [6.07, 6.45) is 0. The van der Waals surface area contributed by atoms with Crippen molar-refractivity contribution in [3.8, 4) is 0 Å². The molecule has 1 aliphatic heterocycles. The molecule has 0 amide bonds. The first kappa shape index (κ1) is 8.25. The smallest absolute Gasteiger partial charge is 0.356 e. The second-order valence-electron chi connectivity index (χ2n) is 3.14. The Bertz CT molecular complexity index is 345. The first-order valence-corrected chi connectivity index (χ1v) is 4.24. The summed E-state index contributed by atoms with van der Waals surface area (Å²) in [4.78, 5) is 12.9. The molecule has 0 radical (unpaired) electrons. The average molecular weight is 181 g/mol. The molecule has 2 heterocycles. The Hall–Kier alpha value is -1.36. The number of nitrogens with one attached hydrogen (secondary N) is 1. The van der Waals surface area contributed by atoms with Gasteiger partial charge in [0.15, 0.2) is 5.69 Å². The molecule has 2 N–H and O–H groups in total. The summed E-state index contributed by atoms with van der Waals surface area (Å²) in [6.45, 7) is 4.47. The highest BCUT2D eigenvalue weighted by atomic mass is 16.4. The molecule has 0 saturated heterocycles. The standard InChI is InChI=1S/C8H11N3O2/c1-2-11-3-5-6(4-11)9-10-7(5)8(12)13/h2-4H2,1H3,(H,9,10)(H,12,13). The number of rotatable bonds is 2. The predicted molar refractivity (Wildman–Crippen MR) is 45.3 cm³/mol. The van der Waals surface area contributed by atoms with Crippen LogP contribution < -0.4 is 0 Å². The van der Waals surface area contributed by atoms with E-state index >= 15 is 0 Å². The molecule has 13 heavy (non-hydrogen) atoms. The lowest BCUT2D eigenvalue weighted by atomic mass is 10.2. The Balaban J connectivity index is 2.32. The fourth-order valence-corrected chi connectivity index (χ4v) is 1.61. The lowest BCUT2D eigenvalue weighted by Crippen LogP contribution is -2.16. The number of aromatic nitrogens is 2. The molecule has 1 aliphatic rings. The summed E-state index contributed by atoms with van der Waals surface area (Å²) in [5.41, 5.74) is 1.96. The zero-order chi connectivity index (χ0) is 9.42. The molecule has 5 nitrogen and oxygen atoms in total. The number of carboxylic acid groups (broad SMARTS) is 1. The van der Waals surface area contributed by atoms with E-state index < -0.39 is 5.97 Å². The van der Waals surface area contributed by atoms with Gasteiger partial charge in [0.05, 0.1) is 5.69 Å². The van der Waals surface area contributed by atoms with Crippen molar-refractivity contribution in [2.45, 2.75) is 20.0 Å². The second kappa shape index (κ2) is 2.85. The van der Waals surface area contributed by atoms with E-state index in [1.165, 1.54) is 0 Å². The van der Waals surface area contributed by atoms with Crippen LogP contribution in [-0.2, 0) is 13.1 Å². The summed E-state index contributed by atoms with van der Waals surface area (Å²) in [7, 11) is 0. The first-order valence-electron chi connectivity index (χ1n) is 4.24. The van der Waals surface area contributed by atoms with Gasteiger partial charge < -0.3 is 5.11 Å². The molecule has 70 valence electrons. The summed E-state index contributed by atoms with van der Waals surface area (Å²) >= 11 is 0. The summed E-state index contributed by atoms with van der Waals surface area (Å²) in [5, 5.41) is 15.3. The Morgan fingerprint density at radius 2 is 2.46 bits per heavy atom. The molecular weight excluding hydrogens is 170 g/mol. The number of nitrogens with zero attached hydrogens (tertiary/aromatic N) is 2. The summed E-state index contributed by atoms with van der Waals surface area (Å²) < 4.78 is 0. The van der Waals surface area contributed by atoms with Crippen molar-refractivity contribution in [2.75, 3.05) is 6.54 Å². The quantitative estimate of drug-likeness (QED) is 0.694. The van der Waals surface area contributed by atoms with Gasteiger partial charge >= 0.3 is 5.97 Å². The fraction of sp³-hybridized carbons (Fsp3) is 0.500. The van der Waals surface area contributed by atoms with Gasteiger partial charge in [0, 0.05) is 18.7 Å². The number of hydrogen-bond acceptors (Lipinski definition) is 3. The van der Waals surface area contributed by atoms with E-state index in [4.69, 9.17) is 5.11 Å². The van der Waals surface area contributed by atoms with Crippen molar-refractivity contribution in [1.82, 2.24) is 15.1 Å². The zero-order valence-electron chi connectivity index (χ0n) is 7.37. The van der Waals surface area contributed by atoms with Crippen molar-refractivity contribution >= 4 is 5.97 Å². The molecule has 0 saturated carbocycles. The number of hydrogen-bond donors (Lipinski definition) is 2. The number of carboxylic acids is 1. The molecule has 1 aromatic rings. The summed E-state index contributed by atoms with van der Waals surface area (Å²) in [5.74, 6) is -0.949. The van der Waals surface area contributed by atoms with Crippen LogP contribution in [0, 0.1) is 0 Å². The SMILES string of the molecule is CCN1Cc2[nH]nc(C(=O)O)c2C1. The molecule has 0 unspecified atom stereocenters. The van der Waals surface area contributed by atoms with Gasteiger partial charge in [-0.25, -0.2) is 4.79 Å². The minimum Gasteiger partial charge on any atom is -0.476 e. The number of carbonyl (C=O) groups is 1. The molecule has 0 aromatic carbocycles. The maximum absolute atomic E-state index is 10.7. The lowest BCUT2D eigenvalue weighted by molar-refractivity contribution is 0.0688. The van der Waals surface area contributed by atoms with Gasteiger partial charge in [0.1, 0.15) is 0 Å². The van der Waals surface area contributed by atoms with Crippen LogP contribution in [0.15, 0.2) is 0 Å². The Kier molecular flexibility index (Phi) is 1.81. The highest BCUT2D eigenvalue weighted by Crippen LogP contribution is 2.22. The molecule has 0 fully saturated rings. The van der Waals surface area contributed by atoms with Crippen molar-refractivity contribution in [2.24, 2.45) is 0 Å². The van der Waals surface area contributed by atoms with E-state index in [1.54, 1.807) is 0 Å². The van der Waals surface area contributed by atoms with Gasteiger partial charge in [-0.15, -0.1) is 0 Å². The van der Waals surface area contributed by atoms with Gasteiger partial charge in [-0.2, -0.15) is 5.10 Å². The number of H-pyrrole nitrogens is 1. The normalized spacial score (nSPS) is 16.1. The van der Waals surface area contributed by atoms with Gasteiger partial charge in [-0.3, -0.25) is 10.00 Å². The van der Waals surface area contributed by atoms with Gasteiger partial charge in [0.2, 0.25) is 0 Å². The van der Waals surface area contributed by atoms with Crippen LogP contribution in [0.4, 0.5) is 0 Å². The zero-order valence-corrected chi connectivity index (χ0v) is 7.37. The predicted octanol–water partition coefficient (Wildman–Crippen LogP) is 0.443. The number of fused-ring (bicyclic) bond motifs is 1. The van der Waals surface area contributed by atoms with E-state index in [9.17, 15) is 4.79 Å². The monoisotopic (exact) mass is 181 g/mol.